The summed E-state index contributed by atoms with van der Waals surface area (Å²) >= 11 is 5.58. The highest BCUT2D eigenvalue weighted by Crippen LogP contribution is 2.47. The Labute approximate surface area is 659 Å². The average molecular weight is 1490 g/mol. The molecule has 6 nitrogen and oxygen atoms in total. The van der Waals surface area contributed by atoms with E-state index in [4.69, 9.17) is 28.8 Å². The first kappa shape index (κ1) is 64.9. The summed E-state index contributed by atoms with van der Waals surface area (Å²) in [5.74, 6) is 0. The van der Waals surface area contributed by atoms with Crippen LogP contribution in [0.25, 0.3) is 238 Å². The Balaban J connectivity index is 0.000000138. The van der Waals surface area contributed by atoms with E-state index in [2.05, 4.69) is 340 Å². The maximum atomic E-state index is 6.26. The number of nitrogens with zero attached hydrogens (tertiary/aromatic N) is 4. The van der Waals surface area contributed by atoms with Gasteiger partial charge in [0.2, 0.25) is 11.4 Å². The second-order valence-electron chi connectivity index (χ2n) is 29.0. The van der Waals surface area contributed by atoms with Crippen LogP contribution >= 0.6 is 34.0 Å². The molecule has 0 aliphatic heterocycles. The van der Waals surface area contributed by atoms with Crippen molar-refractivity contribution in [2.24, 2.45) is 0 Å². The Morgan fingerprint density at radius 3 is 0.867 bits per heavy atom. The highest BCUT2D eigenvalue weighted by molar-refractivity contribution is 7.27. The van der Waals surface area contributed by atoms with Gasteiger partial charge in [-0.15, -0.1) is 34.0 Å². The summed E-state index contributed by atoms with van der Waals surface area (Å²) in [6, 6.07) is 127. The monoisotopic (exact) mass is 1490 g/mol. The fourth-order valence-corrected chi connectivity index (χ4v) is 20.8. The van der Waals surface area contributed by atoms with Crippen LogP contribution in [-0.2, 0) is 0 Å². The number of fused-ring (bicyclic) bond motifs is 21. The summed E-state index contributed by atoms with van der Waals surface area (Å²) in [4.78, 5) is 19.9. The van der Waals surface area contributed by atoms with E-state index in [1.807, 2.05) is 58.5 Å². The van der Waals surface area contributed by atoms with Gasteiger partial charge in [0.05, 0.1) is 23.8 Å². The number of hydrogen-bond acceptors (Lipinski definition) is 9. The molecule has 9 heteroatoms. The highest BCUT2D eigenvalue weighted by Gasteiger charge is 2.21. The molecule has 0 atom stereocenters. The standard InChI is InChI=1S/C58H34N2OS2.C46H26N2OS/c1-3-25-53-46(19-1)48-23-9-21-44(56(48)62-53)41-16-6-13-37(30-41)35-11-5-12-36(29-35)40-27-28-52-50(33-40)55-58(61-52)59-34-51(60-55)43-18-8-15-39(32-43)38-14-7-17-42(31-38)45-22-10-24-49-47-20-2-4-26-54(47)63-57(45)49;1-2-13-34-32(11-1)33-12-3-4-14-35(33)39-24-27(19-21-36(34)39)28-20-22-42-40(25-28)44-46(49-42)47-26-41(48-44)30-10-7-9-29(23-30)31-16-8-17-38-37-15-5-6-18-43(37)50-45(31)38/h1-34H;1-26H. The lowest BCUT2D eigenvalue weighted by Gasteiger charge is -2.12. The molecule has 0 spiro atoms. The quantitative estimate of drug-likeness (QED) is 0.134. The molecule has 0 saturated carbocycles. The van der Waals surface area contributed by atoms with Crippen LogP contribution in [0.15, 0.2) is 373 Å². The summed E-state index contributed by atoms with van der Waals surface area (Å²) in [6.07, 6.45) is 3.64. The van der Waals surface area contributed by atoms with Gasteiger partial charge in [0, 0.05) is 82.4 Å². The van der Waals surface area contributed by atoms with Gasteiger partial charge < -0.3 is 8.83 Å². The second-order valence-corrected chi connectivity index (χ2v) is 32.2. The molecule has 0 amide bonds. The lowest BCUT2D eigenvalue weighted by molar-refractivity contribution is 0.652. The number of rotatable bonds is 9. The molecule has 0 aliphatic rings. The van der Waals surface area contributed by atoms with Gasteiger partial charge in [0.1, 0.15) is 22.2 Å². The molecular weight excluding hydrogens is 1430 g/mol. The van der Waals surface area contributed by atoms with Crippen molar-refractivity contribution in [2.75, 3.05) is 0 Å². The van der Waals surface area contributed by atoms with E-state index < -0.39 is 0 Å². The predicted molar refractivity (Wildman–Crippen MR) is 479 cm³/mol. The molecular formula is C104H60N4O2S3. The van der Waals surface area contributed by atoms with E-state index >= 15 is 0 Å². The molecule has 0 N–H and O–H groups in total. The van der Waals surface area contributed by atoms with Crippen LogP contribution in [0.1, 0.15) is 0 Å². The molecule has 7 heterocycles. The summed E-state index contributed by atoms with van der Waals surface area (Å²) in [5, 5.41) is 17.4. The van der Waals surface area contributed by atoms with E-state index in [0.29, 0.717) is 11.4 Å². The summed E-state index contributed by atoms with van der Waals surface area (Å²) in [7, 11) is 0. The van der Waals surface area contributed by atoms with Gasteiger partial charge >= 0.3 is 0 Å². The van der Waals surface area contributed by atoms with Gasteiger partial charge in [-0.1, -0.05) is 273 Å². The van der Waals surface area contributed by atoms with Crippen LogP contribution < -0.4 is 0 Å². The van der Waals surface area contributed by atoms with Crippen molar-refractivity contribution in [1.29, 1.82) is 0 Å². The minimum Gasteiger partial charge on any atom is -0.436 e. The fourth-order valence-electron chi connectivity index (χ4n) is 17.0. The van der Waals surface area contributed by atoms with Crippen molar-refractivity contribution in [3.63, 3.8) is 0 Å². The molecule has 526 valence electrons. The molecule has 0 unspecified atom stereocenters. The van der Waals surface area contributed by atoms with Crippen LogP contribution in [0.3, 0.4) is 0 Å². The van der Waals surface area contributed by atoms with E-state index in [-0.39, 0.29) is 0 Å². The number of furan rings is 2. The number of benzene rings is 17. The van der Waals surface area contributed by atoms with Crippen molar-refractivity contribution in [3.05, 3.63) is 364 Å². The SMILES string of the molecule is c1cc(-c2cccc(-c3cccc4c3sc3ccccc34)c2)cc(-c2ccc3oc4ncc(-c5cccc(-c6cccc(-c7cccc8c7sc7ccccc78)c6)c5)nc4c3c2)c1.c1cc(-c2cnc3oc4ccc(-c5ccc6c7ccccc7c7ccccc7c6c5)cc4c3n2)cc(-c2cccc3c2sc2ccccc23)c1. The first-order valence-electron chi connectivity index (χ1n) is 37.9. The van der Waals surface area contributed by atoms with Crippen LogP contribution in [0.2, 0.25) is 0 Å². The second kappa shape index (κ2) is 26.3. The molecule has 24 rings (SSSR count). The molecule has 0 saturated heterocycles. The maximum Gasteiger partial charge on any atom is 0.246 e. The first-order chi connectivity index (χ1) is 55.9. The zero-order valence-corrected chi connectivity index (χ0v) is 62.9. The first-order valence-corrected chi connectivity index (χ1v) is 40.4. The normalized spacial score (nSPS) is 11.9. The Morgan fingerprint density at radius 2 is 0.469 bits per heavy atom. The topological polar surface area (TPSA) is 77.8 Å². The third-order valence-electron chi connectivity index (χ3n) is 22.5. The van der Waals surface area contributed by atoms with Gasteiger partial charge in [-0.3, -0.25) is 0 Å². The van der Waals surface area contributed by atoms with Gasteiger partial charge in [0.15, 0.2) is 0 Å². The zero-order chi connectivity index (χ0) is 74.2. The van der Waals surface area contributed by atoms with Crippen molar-refractivity contribution < 1.29 is 8.83 Å². The smallest absolute Gasteiger partial charge is 0.246 e. The number of aromatic nitrogens is 4. The summed E-state index contributed by atoms with van der Waals surface area (Å²) in [6.45, 7) is 0. The molecule has 24 aromatic rings. The maximum absolute atomic E-state index is 6.26. The molecule has 17 aromatic carbocycles. The van der Waals surface area contributed by atoms with Crippen LogP contribution in [0.5, 0.6) is 0 Å². The lowest BCUT2D eigenvalue weighted by Crippen LogP contribution is -1.88. The van der Waals surface area contributed by atoms with Crippen molar-refractivity contribution in [1.82, 2.24) is 19.9 Å². The van der Waals surface area contributed by atoms with Gasteiger partial charge in [0.25, 0.3) is 0 Å². The Kier molecular flexibility index (Phi) is 15.1. The molecule has 0 radical (unpaired) electrons. The van der Waals surface area contributed by atoms with Crippen molar-refractivity contribution >= 4 is 171 Å². The Bertz CT molecular complexity index is 7770. The molecule has 113 heavy (non-hydrogen) atoms. The number of thiophene rings is 3. The highest BCUT2D eigenvalue weighted by atomic mass is 32.1. The van der Waals surface area contributed by atoms with E-state index in [1.54, 1.807) is 0 Å². The molecule has 0 bridgehead atoms. The minimum atomic E-state index is 0.532. The zero-order valence-electron chi connectivity index (χ0n) is 60.5. The van der Waals surface area contributed by atoms with E-state index in [9.17, 15) is 0 Å². The third kappa shape index (κ3) is 11.0. The Hall–Kier alpha value is -14.1. The molecule has 0 fully saturated rings. The van der Waals surface area contributed by atoms with Crippen LogP contribution in [-0.4, -0.2) is 19.9 Å². The average Bonchev–Trinajstić information content (AvgIpc) is 1.67. The predicted octanol–water partition coefficient (Wildman–Crippen LogP) is 30.3. The molecule has 0 aliphatic carbocycles. The largest absolute Gasteiger partial charge is 0.436 e. The van der Waals surface area contributed by atoms with Gasteiger partial charge in [-0.05, 0) is 189 Å². The van der Waals surface area contributed by atoms with E-state index in [1.165, 1.54) is 132 Å². The van der Waals surface area contributed by atoms with Gasteiger partial charge in [-0.25, -0.2) is 19.9 Å². The van der Waals surface area contributed by atoms with Crippen molar-refractivity contribution in [3.8, 4) is 100 Å². The number of hydrogen-bond donors (Lipinski definition) is 0. The van der Waals surface area contributed by atoms with Gasteiger partial charge in [-0.2, -0.15) is 0 Å². The molecule has 7 aromatic heterocycles. The summed E-state index contributed by atoms with van der Waals surface area (Å²) in [5.41, 5.74) is 24.3. The fraction of sp³-hybridized carbons (Fsp3) is 0. The Morgan fingerprint density at radius 1 is 0.195 bits per heavy atom. The minimum absolute atomic E-state index is 0.532. The van der Waals surface area contributed by atoms with Crippen LogP contribution in [0.4, 0.5) is 0 Å². The lowest BCUT2D eigenvalue weighted by atomic mass is 9.92. The van der Waals surface area contributed by atoms with Crippen molar-refractivity contribution in [2.45, 2.75) is 0 Å². The summed E-state index contributed by atoms with van der Waals surface area (Å²) < 4.78 is 20.3. The third-order valence-corrected chi connectivity index (χ3v) is 26.1. The van der Waals surface area contributed by atoms with Crippen LogP contribution in [0, 0.1) is 0 Å². The van der Waals surface area contributed by atoms with E-state index in [0.717, 1.165) is 94.4 Å².